The molecule has 6 heterocycles. The van der Waals surface area contributed by atoms with Crippen LogP contribution < -0.4 is 15.8 Å². The molecular formula is C34H31N11O. The van der Waals surface area contributed by atoms with E-state index in [9.17, 15) is 0 Å². The van der Waals surface area contributed by atoms with Gasteiger partial charge in [-0.15, -0.1) is 0 Å². The van der Waals surface area contributed by atoms with Gasteiger partial charge in [0.1, 0.15) is 23.2 Å². The van der Waals surface area contributed by atoms with Crippen molar-refractivity contribution < 1.29 is 4.74 Å². The normalized spacial score (nSPS) is 13.8. The Morgan fingerprint density at radius 2 is 1.72 bits per heavy atom. The number of hydrogen-bond donors (Lipinski definition) is 2. The summed E-state index contributed by atoms with van der Waals surface area (Å²) in [6.07, 6.45) is 5.25. The maximum Gasteiger partial charge on any atom is 0.234 e. The number of fused-ring (bicyclic) bond motifs is 1. The summed E-state index contributed by atoms with van der Waals surface area (Å²) in [6, 6.07) is 25.9. The van der Waals surface area contributed by atoms with Crippen molar-refractivity contribution in [2.75, 3.05) is 31.2 Å². The molecule has 0 saturated carbocycles. The summed E-state index contributed by atoms with van der Waals surface area (Å²) in [5.74, 6) is 2.45. The molecule has 0 aliphatic carbocycles. The molecule has 0 bridgehead atoms. The Hall–Kier alpha value is -5.93. The number of benzene rings is 1. The van der Waals surface area contributed by atoms with E-state index in [2.05, 4.69) is 54.4 Å². The number of hydrogen-bond acceptors (Lipinski definition) is 11. The lowest BCUT2D eigenvalue weighted by atomic mass is 10.0. The zero-order valence-corrected chi connectivity index (χ0v) is 25.2. The zero-order valence-electron chi connectivity index (χ0n) is 25.2. The van der Waals surface area contributed by atoms with Crippen molar-refractivity contribution in [1.82, 2.24) is 39.4 Å². The van der Waals surface area contributed by atoms with Crippen LogP contribution in [0, 0.1) is 11.3 Å². The quantitative estimate of drug-likeness (QED) is 0.243. The summed E-state index contributed by atoms with van der Waals surface area (Å²) >= 11 is 0. The molecule has 0 spiro atoms. The van der Waals surface area contributed by atoms with Crippen LogP contribution in [-0.4, -0.2) is 65.6 Å². The fourth-order valence-corrected chi connectivity index (χ4v) is 5.75. The minimum atomic E-state index is 0.177. The minimum absolute atomic E-state index is 0.177. The zero-order chi connectivity index (χ0) is 31.5. The van der Waals surface area contributed by atoms with Crippen LogP contribution in [0.2, 0.25) is 0 Å². The molecule has 6 aromatic rings. The summed E-state index contributed by atoms with van der Waals surface area (Å²) in [5.41, 5.74) is 12.0. The van der Waals surface area contributed by atoms with Crippen LogP contribution in [0.25, 0.3) is 39.6 Å². The predicted octanol–water partition coefficient (Wildman–Crippen LogP) is 4.87. The van der Waals surface area contributed by atoms with Gasteiger partial charge >= 0.3 is 0 Å². The van der Waals surface area contributed by atoms with Crippen molar-refractivity contribution in [3.63, 3.8) is 0 Å². The Kier molecular flexibility index (Phi) is 7.89. The summed E-state index contributed by atoms with van der Waals surface area (Å²) in [6.45, 7) is 2.75. The molecule has 46 heavy (non-hydrogen) atoms. The molecule has 228 valence electrons. The van der Waals surface area contributed by atoms with E-state index in [1.165, 1.54) is 5.56 Å². The number of nitrogens with one attached hydrogen (secondary N) is 1. The molecule has 5 aromatic heterocycles. The maximum atomic E-state index is 9.08. The Morgan fingerprint density at radius 3 is 2.50 bits per heavy atom. The van der Waals surface area contributed by atoms with Crippen molar-refractivity contribution in [1.29, 1.82) is 5.26 Å². The van der Waals surface area contributed by atoms with Crippen LogP contribution >= 0.6 is 0 Å². The van der Waals surface area contributed by atoms with Crippen molar-refractivity contribution in [2.45, 2.75) is 25.4 Å². The molecule has 1 saturated heterocycles. The minimum Gasteiger partial charge on any atom is -0.481 e. The van der Waals surface area contributed by atoms with Gasteiger partial charge in [0, 0.05) is 49.8 Å². The number of piperidine rings is 1. The molecule has 0 amide bonds. The van der Waals surface area contributed by atoms with Crippen LogP contribution in [0.3, 0.4) is 0 Å². The lowest BCUT2D eigenvalue weighted by molar-refractivity contribution is 0.211. The van der Waals surface area contributed by atoms with Gasteiger partial charge in [0.25, 0.3) is 0 Å². The Balaban J connectivity index is 1.14. The van der Waals surface area contributed by atoms with Crippen LogP contribution in [0.1, 0.15) is 24.2 Å². The monoisotopic (exact) mass is 609 g/mol. The second-order valence-electron chi connectivity index (χ2n) is 11.0. The standard InChI is InChI=1S/C34H31N11O/c1-46-31-6-2-5-26(40-31)27-11-12-28-34(41-27)45(33(42-28)25-4-3-16-38-32(25)36)24-9-7-22(8-10-24)21-44-18-14-23(15-19-44)39-29-13-17-37-30(20-35)43-29/h2-13,16-17,23H,14-15,18-19,21H2,1H3,(H2,36,38)(H,37,39,43). The summed E-state index contributed by atoms with van der Waals surface area (Å²) in [7, 11) is 1.60. The molecule has 7 rings (SSSR count). The number of imidazole rings is 1. The number of nitrogens with two attached hydrogens (primary N) is 1. The van der Waals surface area contributed by atoms with Crippen LogP contribution in [0.5, 0.6) is 5.88 Å². The van der Waals surface area contributed by atoms with E-state index >= 15 is 0 Å². The number of ether oxygens (including phenoxy) is 1. The van der Waals surface area contributed by atoms with Gasteiger partial charge in [0.2, 0.25) is 11.7 Å². The number of nitrogens with zero attached hydrogens (tertiary/aromatic N) is 9. The van der Waals surface area contributed by atoms with E-state index in [0.29, 0.717) is 46.4 Å². The first-order chi connectivity index (χ1) is 22.6. The molecular weight excluding hydrogens is 578 g/mol. The third kappa shape index (κ3) is 5.91. The van der Waals surface area contributed by atoms with E-state index in [1.54, 1.807) is 25.6 Å². The molecule has 1 fully saturated rings. The van der Waals surface area contributed by atoms with Crippen molar-refractivity contribution in [2.24, 2.45) is 0 Å². The number of rotatable bonds is 8. The lowest BCUT2D eigenvalue weighted by Gasteiger charge is -2.32. The highest BCUT2D eigenvalue weighted by atomic mass is 16.5. The number of nitriles is 1. The third-order valence-corrected chi connectivity index (χ3v) is 8.07. The van der Waals surface area contributed by atoms with Gasteiger partial charge in [0.15, 0.2) is 11.5 Å². The second kappa shape index (κ2) is 12.6. The number of nitrogen functional groups attached to an aromatic ring is 1. The fraction of sp³-hybridized carbons (Fsp3) is 0.206. The van der Waals surface area contributed by atoms with Gasteiger partial charge in [-0.2, -0.15) is 5.26 Å². The van der Waals surface area contributed by atoms with Crippen LogP contribution in [0.15, 0.2) is 85.2 Å². The predicted molar refractivity (Wildman–Crippen MR) is 175 cm³/mol. The first-order valence-corrected chi connectivity index (χ1v) is 15.0. The first kappa shape index (κ1) is 28.8. The van der Waals surface area contributed by atoms with Gasteiger partial charge < -0.3 is 15.8 Å². The number of pyridine rings is 3. The summed E-state index contributed by atoms with van der Waals surface area (Å²) < 4.78 is 7.36. The second-order valence-corrected chi connectivity index (χ2v) is 11.0. The van der Waals surface area contributed by atoms with E-state index in [-0.39, 0.29) is 5.82 Å². The number of methoxy groups -OCH3 is 1. The van der Waals surface area contributed by atoms with E-state index < -0.39 is 0 Å². The van der Waals surface area contributed by atoms with Crippen molar-refractivity contribution in [3.05, 3.63) is 96.6 Å². The molecule has 0 radical (unpaired) electrons. The Labute approximate surface area is 265 Å². The highest BCUT2D eigenvalue weighted by Crippen LogP contribution is 2.32. The fourth-order valence-electron chi connectivity index (χ4n) is 5.75. The molecule has 1 aliphatic heterocycles. The number of aromatic nitrogens is 7. The topological polar surface area (TPSA) is 157 Å². The SMILES string of the molecule is COc1cccc(-c2ccc3nc(-c4cccnc4N)n(-c4ccc(CN5CCC(Nc6ccnc(C#N)n6)CC5)cc4)c3n2)n1. The number of likely N-dealkylation sites (tertiary alicyclic amines) is 1. The largest absolute Gasteiger partial charge is 0.481 e. The summed E-state index contributed by atoms with van der Waals surface area (Å²) in [5, 5.41) is 12.5. The summed E-state index contributed by atoms with van der Waals surface area (Å²) in [4.78, 5) is 29.5. The molecule has 12 nitrogen and oxygen atoms in total. The molecule has 0 atom stereocenters. The van der Waals surface area contributed by atoms with E-state index in [0.717, 1.165) is 49.2 Å². The molecule has 12 heteroatoms. The first-order valence-electron chi connectivity index (χ1n) is 15.0. The van der Waals surface area contributed by atoms with Crippen LogP contribution in [-0.2, 0) is 6.54 Å². The lowest BCUT2D eigenvalue weighted by Crippen LogP contribution is -2.38. The maximum absolute atomic E-state index is 9.08. The number of anilines is 2. The van der Waals surface area contributed by atoms with Gasteiger partial charge in [0.05, 0.1) is 24.1 Å². The van der Waals surface area contributed by atoms with Gasteiger partial charge in [-0.1, -0.05) is 18.2 Å². The van der Waals surface area contributed by atoms with E-state index in [4.69, 9.17) is 25.7 Å². The average molecular weight is 610 g/mol. The van der Waals surface area contributed by atoms with Crippen LogP contribution in [0.4, 0.5) is 11.6 Å². The van der Waals surface area contributed by atoms with Crippen molar-refractivity contribution >= 4 is 22.8 Å². The molecule has 1 aliphatic rings. The van der Waals surface area contributed by atoms with Gasteiger partial charge in [-0.05, 0) is 66.9 Å². The van der Waals surface area contributed by atoms with E-state index in [1.807, 2.05) is 53.1 Å². The van der Waals surface area contributed by atoms with Gasteiger partial charge in [-0.25, -0.2) is 29.9 Å². The van der Waals surface area contributed by atoms with Gasteiger partial charge in [-0.3, -0.25) is 9.47 Å². The molecule has 3 N–H and O–H groups in total. The Bertz CT molecular complexity index is 2040. The highest BCUT2D eigenvalue weighted by Gasteiger charge is 2.21. The molecule has 1 aromatic carbocycles. The molecule has 0 unspecified atom stereocenters. The third-order valence-electron chi connectivity index (χ3n) is 8.07. The smallest absolute Gasteiger partial charge is 0.234 e. The Morgan fingerprint density at radius 1 is 0.891 bits per heavy atom. The van der Waals surface area contributed by atoms with Crippen molar-refractivity contribution in [3.8, 4) is 40.4 Å². The highest BCUT2D eigenvalue weighted by molar-refractivity contribution is 5.84. The average Bonchev–Trinajstić information content (AvgIpc) is 3.48.